The van der Waals surface area contributed by atoms with Crippen molar-refractivity contribution in [2.45, 2.75) is 46.5 Å². The molecule has 0 fully saturated rings. The lowest BCUT2D eigenvalue weighted by molar-refractivity contribution is 0.0953. The number of unbranched alkanes of at least 4 members (excludes halogenated alkanes) is 3. The molecule has 2 nitrogen and oxygen atoms in total. The number of rotatable bonds is 6. The van der Waals surface area contributed by atoms with E-state index in [2.05, 4.69) is 19.2 Å². The van der Waals surface area contributed by atoms with Crippen molar-refractivity contribution in [3.05, 3.63) is 21.4 Å². The summed E-state index contributed by atoms with van der Waals surface area (Å²) in [6.07, 6.45) is 4.78. The summed E-state index contributed by atoms with van der Waals surface area (Å²) in [6.45, 7) is 7.05. The van der Waals surface area contributed by atoms with Crippen LogP contribution in [-0.2, 0) is 0 Å². The van der Waals surface area contributed by atoms with Crippen LogP contribution >= 0.6 is 11.3 Å². The molecule has 1 heterocycles. The standard InChI is InChI=1S/C13H21NOS/c1-4-5-6-7-8-14-13(15)12-9-16-11(3)10(12)2/h9H,4-8H2,1-3H3,(H,14,15). The van der Waals surface area contributed by atoms with Gasteiger partial charge in [0.1, 0.15) is 0 Å². The third-order valence-electron chi connectivity index (χ3n) is 2.85. The highest BCUT2D eigenvalue weighted by Crippen LogP contribution is 2.20. The predicted octanol–water partition coefficient (Wildman–Crippen LogP) is 3.68. The van der Waals surface area contributed by atoms with Crippen LogP contribution in [0.15, 0.2) is 5.38 Å². The van der Waals surface area contributed by atoms with Gasteiger partial charge in [0.2, 0.25) is 0 Å². The first-order valence-electron chi connectivity index (χ1n) is 5.99. The zero-order valence-corrected chi connectivity index (χ0v) is 11.2. The Morgan fingerprint density at radius 2 is 2.06 bits per heavy atom. The Hall–Kier alpha value is -0.830. The van der Waals surface area contributed by atoms with E-state index < -0.39 is 0 Å². The van der Waals surface area contributed by atoms with Gasteiger partial charge in [0.05, 0.1) is 5.56 Å². The zero-order valence-electron chi connectivity index (χ0n) is 10.4. The number of hydrogen-bond acceptors (Lipinski definition) is 2. The molecule has 1 rings (SSSR count). The lowest BCUT2D eigenvalue weighted by Crippen LogP contribution is -2.24. The van der Waals surface area contributed by atoms with E-state index in [0.717, 1.165) is 24.1 Å². The van der Waals surface area contributed by atoms with Crippen LogP contribution in [0.1, 0.15) is 53.4 Å². The van der Waals surface area contributed by atoms with Gasteiger partial charge >= 0.3 is 0 Å². The van der Waals surface area contributed by atoms with Gasteiger partial charge in [0, 0.05) is 16.8 Å². The molecule has 0 aliphatic rings. The fourth-order valence-corrected chi connectivity index (χ4v) is 2.45. The summed E-state index contributed by atoms with van der Waals surface area (Å²) in [6, 6.07) is 0. The van der Waals surface area contributed by atoms with Crippen LogP contribution in [0.25, 0.3) is 0 Å². The first kappa shape index (κ1) is 13.2. The van der Waals surface area contributed by atoms with E-state index >= 15 is 0 Å². The van der Waals surface area contributed by atoms with Gasteiger partial charge in [-0.1, -0.05) is 26.2 Å². The van der Waals surface area contributed by atoms with Crippen molar-refractivity contribution in [2.75, 3.05) is 6.54 Å². The van der Waals surface area contributed by atoms with Crippen LogP contribution in [-0.4, -0.2) is 12.5 Å². The molecule has 0 unspecified atom stereocenters. The van der Waals surface area contributed by atoms with Gasteiger partial charge < -0.3 is 5.32 Å². The van der Waals surface area contributed by atoms with Crippen molar-refractivity contribution in [3.8, 4) is 0 Å². The second-order valence-corrected chi connectivity index (χ2v) is 5.23. The molecular weight excluding hydrogens is 218 g/mol. The highest BCUT2D eigenvalue weighted by atomic mass is 32.1. The molecule has 0 bridgehead atoms. The van der Waals surface area contributed by atoms with E-state index in [0.29, 0.717) is 0 Å². The Labute approximate surface area is 102 Å². The molecule has 0 atom stereocenters. The van der Waals surface area contributed by atoms with Gasteiger partial charge in [0.15, 0.2) is 0 Å². The number of carbonyl (C=O) groups excluding carboxylic acids is 1. The number of aryl methyl sites for hydroxylation is 1. The molecule has 0 aromatic carbocycles. The molecule has 16 heavy (non-hydrogen) atoms. The molecule has 0 spiro atoms. The maximum atomic E-state index is 11.8. The van der Waals surface area contributed by atoms with Crippen LogP contribution in [0.3, 0.4) is 0 Å². The monoisotopic (exact) mass is 239 g/mol. The minimum absolute atomic E-state index is 0.0818. The highest BCUT2D eigenvalue weighted by molar-refractivity contribution is 7.10. The molecule has 0 radical (unpaired) electrons. The van der Waals surface area contributed by atoms with Crippen molar-refractivity contribution >= 4 is 17.2 Å². The van der Waals surface area contributed by atoms with Gasteiger partial charge in [-0.15, -0.1) is 11.3 Å². The van der Waals surface area contributed by atoms with E-state index in [1.807, 2.05) is 12.3 Å². The average molecular weight is 239 g/mol. The molecule has 1 aromatic rings. The van der Waals surface area contributed by atoms with Gasteiger partial charge in [-0.2, -0.15) is 0 Å². The largest absolute Gasteiger partial charge is 0.352 e. The van der Waals surface area contributed by atoms with Gasteiger partial charge in [-0.25, -0.2) is 0 Å². The normalized spacial score (nSPS) is 10.4. The summed E-state index contributed by atoms with van der Waals surface area (Å²) in [5, 5.41) is 4.93. The minimum Gasteiger partial charge on any atom is -0.352 e. The molecule has 3 heteroatoms. The van der Waals surface area contributed by atoms with Crippen molar-refractivity contribution in [3.63, 3.8) is 0 Å². The number of thiophene rings is 1. The summed E-state index contributed by atoms with van der Waals surface area (Å²) in [5.74, 6) is 0.0818. The predicted molar refractivity (Wildman–Crippen MR) is 70.3 cm³/mol. The number of nitrogens with one attached hydrogen (secondary N) is 1. The molecule has 0 aliphatic heterocycles. The highest BCUT2D eigenvalue weighted by Gasteiger charge is 2.11. The second kappa shape index (κ2) is 6.69. The van der Waals surface area contributed by atoms with Crippen molar-refractivity contribution < 1.29 is 4.79 Å². The fraction of sp³-hybridized carbons (Fsp3) is 0.615. The van der Waals surface area contributed by atoms with Crippen LogP contribution in [0.2, 0.25) is 0 Å². The van der Waals surface area contributed by atoms with Crippen molar-refractivity contribution in [1.82, 2.24) is 5.32 Å². The molecule has 90 valence electrons. The average Bonchev–Trinajstić information content (AvgIpc) is 2.59. The van der Waals surface area contributed by atoms with E-state index in [1.165, 1.54) is 24.1 Å². The quantitative estimate of drug-likeness (QED) is 0.754. The SMILES string of the molecule is CCCCCCNC(=O)c1csc(C)c1C. The van der Waals surface area contributed by atoms with Crippen LogP contribution in [0.5, 0.6) is 0 Å². The Morgan fingerprint density at radius 1 is 1.31 bits per heavy atom. The first-order chi connectivity index (χ1) is 7.66. The summed E-state index contributed by atoms with van der Waals surface area (Å²) in [4.78, 5) is 13.0. The zero-order chi connectivity index (χ0) is 12.0. The van der Waals surface area contributed by atoms with E-state index in [-0.39, 0.29) is 5.91 Å². The van der Waals surface area contributed by atoms with E-state index in [9.17, 15) is 4.79 Å². The fourth-order valence-electron chi connectivity index (χ4n) is 1.59. The Morgan fingerprint density at radius 3 is 2.62 bits per heavy atom. The Balaban J connectivity index is 2.33. The molecule has 1 amide bonds. The van der Waals surface area contributed by atoms with Gasteiger partial charge in [-0.05, 0) is 25.8 Å². The lowest BCUT2D eigenvalue weighted by Gasteiger charge is -2.04. The third-order valence-corrected chi connectivity index (χ3v) is 3.86. The Kier molecular flexibility index (Phi) is 5.53. The summed E-state index contributed by atoms with van der Waals surface area (Å²) in [7, 11) is 0. The van der Waals surface area contributed by atoms with Crippen molar-refractivity contribution in [1.29, 1.82) is 0 Å². The third kappa shape index (κ3) is 3.63. The molecule has 1 N–H and O–H groups in total. The van der Waals surface area contributed by atoms with Crippen LogP contribution < -0.4 is 5.32 Å². The minimum atomic E-state index is 0.0818. The molecule has 1 aromatic heterocycles. The maximum Gasteiger partial charge on any atom is 0.252 e. The molecule has 0 saturated carbocycles. The molecule has 0 saturated heterocycles. The smallest absolute Gasteiger partial charge is 0.252 e. The van der Waals surface area contributed by atoms with E-state index in [1.54, 1.807) is 11.3 Å². The number of carbonyl (C=O) groups is 1. The summed E-state index contributed by atoms with van der Waals surface area (Å²) >= 11 is 1.65. The summed E-state index contributed by atoms with van der Waals surface area (Å²) in [5.41, 5.74) is 1.97. The van der Waals surface area contributed by atoms with Gasteiger partial charge in [0.25, 0.3) is 5.91 Å². The maximum absolute atomic E-state index is 11.8. The molecule has 0 aliphatic carbocycles. The topological polar surface area (TPSA) is 29.1 Å². The van der Waals surface area contributed by atoms with Gasteiger partial charge in [-0.3, -0.25) is 4.79 Å². The lowest BCUT2D eigenvalue weighted by atomic mass is 10.1. The first-order valence-corrected chi connectivity index (χ1v) is 6.87. The second-order valence-electron chi connectivity index (χ2n) is 4.15. The van der Waals surface area contributed by atoms with E-state index in [4.69, 9.17) is 0 Å². The number of hydrogen-bond donors (Lipinski definition) is 1. The summed E-state index contributed by atoms with van der Waals surface area (Å²) < 4.78 is 0. The molecular formula is C13H21NOS. The van der Waals surface area contributed by atoms with Crippen molar-refractivity contribution in [2.24, 2.45) is 0 Å². The van der Waals surface area contributed by atoms with Crippen LogP contribution in [0.4, 0.5) is 0 Å². The van der Waals surface area contributed by atoms with Crippen LogP contribution in [0, 0.1) is 13.8 Å². The Bertz CT molecular complexity index is 344. The number of amides is 1.